The van der Waals surface area contributed by atoms with Crippen molar-refractivity contribution in [3.05, 3.63) is 52.3 Å². The van der Waals surface area contributed by atoms with E-state index < -0.39 is 29.2 Å². The summed E-state index contributed by atoms with van der Waals surface area (Å²) in [5, 5.41) is 11.9. The van der Waals surface area contributed by atoms with Crippen LogP contribution in [0.4, 0.5) is 18.9 Å². The van der Waals surface area contributed by atoms with Crippen LogP contribution in [0.3, 0.4) is 0 Å². The van der Waals surface area contributed by atoms with Gasteiger partial charge >= 0.3 is 12.1 Å². The molecular formula is C20H16ClF3N2O4. The van der Waals surface area contributed by atoms with Gasteiger partial charge in [-0.15, -0.1) is 0 Å². The Kier molecular flexibility index (Phi) is 4.88. The standard InChI is InChI=1S/C20H16ClF3N2O4/c21-10-1-4-15(12(9-10)20(22,23)24)30-11-5-7-19(8-6-11)16-13(26-18(19)29)2-3-14(25-16)17(27)28/h1-4,9,11H,5-8H2,(H,26,29)(H,27,28)/t11-,19-. The third-order valence-electron chi connectivity index (χ3n) is 5.58. The van der Waals surface area contributed by atoms with Crippen molar-refractivity contribution in [2.75, 3.05) is 5.32 Å². The highest BCUT2D eigenvalue weighted by molar-refractivity contribution is 6.30. The number of hydrogen-bond acceptors (Lipinski definition) is 4. The Morgan fingerprint density at radius 2 is 1.93 bits per heavy atom. The molecule has 2 aliphatic rings. The van der Waals surface area contributed by atoms with Crippen LogP contribution < -0.4 is 10.1 Å². The Morgan fingerprint density at radius 3 is 2.57 bits per heavy atom. The van der Waals surface area contributed by atoms with Crippen molar-refractivity contribution in [3.63, 3.8) is 0 Å². The van der Waals surface area contributed by atoms with Gasteiger partial charge in [-0.1, -0.05) is 11.6 Å². The number of fused-ring (bicyclic) bond motifs is 2. The van der Waals surface area contributed by atoms with E-state index in [4.69, 9.17) is 16.3 Å². The van der Waals surface area contributed by atoms with Crippen molar-refractivity contribution in [2.24, 2.45) is 0 Å². The number of amides is 1. The highest BCUT2D eigenvalue weighted by atomic mass is 35.5. The van der Waals surface area contributed by atoms with E-state index in [0.717, 1.165) is 6.07 Å². The molecule has 1 aliphatic heterocycles. The number of ether oxygens (including phenoxy) is 1. The molecule has 2 aromatic rings. The minimum atomic E-state index is -4.61. The summed E-state index contributed by atoms with van der Waals surface area (Å²) in [7, 11) is 0. The maximum absolute atomic E-state index is 13.3. The molecular weight excluding hydrogens is 425 g/mol. The molecule has 10 heteroatoms. The molecule has 30 heavy (non-hydrogen) atoms. The third-order valence-corrected chi connectivity index (χ3v) is 5.81. The molecule has 2 heterocycles. The third kappa shape index (κ3) is 3.47. The van der Waals surface area contributed by atoms with E-state index in [0.29, 0.717) is 24.2 Å². The molecule has 1 aromatic carbocycles. The first kappa shape index (κ1) is 20.5. The first-order valence-electron chi connectivity index (χ1n) is 9.20. The molecule has 6 nitrogen and oxygen atoms in total. The fourth-order valence-corrected chi connectivity index (χ4v) is 4.24. The molecule has 1 fully saturated rings. The van der Waals surface area contributed by atoms with Crippen LogP contribution in [-0.4, -0.2) is 28.1 Å². The predicted molar refractivity (Wildman–Crippen MR) is 101 cm³/mol. The van der Waals surface area contributed by atoms with Crippen LogP contribution in [0.2, 0.25) is 5.02 Å². The number of nitrogens with zero attached hydrogens (tertiary/aromatic N) is 1. The molecule has 0 saturated heterocycles. The van der Waals surface area contributed by atoms with E-state index in [-0.39, 0.29) is 35.2 Å². The minimum absolute atomic E-state index is 0.0446. The lowest BCUT2D eigenvalue weighted by Gasteiger charge is -2.35. The first-order chi connectivity index (χ1) is 14.1. The summed E-state index contributed by atoms with van der Waals surface area (Å²) >= 11 is 5.70. The Labute approximate surface area is 174 Å². The number of carboxylic acids is 1. The van der Waals surface area contributed by atoms with Crippen molar-refractivity contribution in [1.29, 1.82) is 0 Å². The van der Waals surface area contributed by atoms with Crippen LogP contribution in [0.15, 0.2) is 30.3 Å². The van der Waals surface area contributed by atoms with Crippen LogP contribution in [0, 0.1) is 0 Å². The summed E-state index contributed by atoms with van der Waals surface area (Å²) in [6.45, 7) is 0. The van der Waals surface area contributed by atoms with Crippen LogP contribution in [0.25, 0.3) is 0 Å². The van der Waals surface area contributed by atoms with Gasteiger partial charge in [0.1, 0.15) is 11.4 Å². The number of rotatable bonds is 3. The zero-order valence-electron chi connectivity index (χ0n) is 15.4. The zero-order chi connectivity index (χ0) is 21.7. The number of pyridine rings is 1. The van der Waals surface area contributed by atoms with Crippen LogP contribution in [0.1, 0.15) is 47.4 Å². The molecule has 0 radical (unpaired) electrons. The van der Waals surface area contributed by atoms with Gasteiger partial charge in [-0.2, -0.15) is 13.2 Å². The first-order valence-corrected chi connectivity index (χ1v) is 9.58. The van der Waals surface area contributed by atoms with Gasteiger partial charge in [-0.3, -0.25) is 4.79 Å². The molecule has 1 saturated carbocycles. The monoisotopic (exact) mass is 440 g/mol. The highest BCUT2D eigenvalue weighted by Crippen LogP contribution is 2.47. The number of halogens is 4. The summed E-state index contributed by atoms with van der Waals surface area (Å²) in [6.07, 6.45) is -3.96. The lowest BCUT2D eigenvalue weighted by molar-refractivity contribution is -0.139. The molecule has 0 unspecified atom stereocenters. The number of anilines is 1. The Morgan fingerprint density at radius 1 is 1.23 bits per heavy atom. The van der Waals surface area contributed by atoms with Crippen molar-refractivity contribution in [3.8, 4) is 5.75 Å². The number of aromatic nitrogens is 1. The number of alkyl halides is 3. The summed E-state index contributed by atoms with van der Waals surface area (Å²) in [5.74, 6) is -1.80. The quantitative estimate of drug-likeness (QED) is 0.724. The molecule has 1 amide bonds. The maximum atomic E-state index is 13.3. The van der Waals surface area contributed by atoms with E-state index >= 15 is 0 Å². The molecule has 1 aromatic heterocycles. The summed E-state index contributed by atoms with van der Waals surface area (Å²) in [6, 6.07) is 6.15. The Balaban J connectivity index is 1.55. The average Bonchev–Trinajstić information content (AvgIpc) is 2.95. The van der Waals surface area contributed by atoms with Gasteiger partial charge in [0, 0.05) is 5.02 Å². The number of nitrogens with one attached hydrogen (secondary N) is 1. The van der Waals surface area contributed by atoms with E-state index in [1.165, 1.54) is 24.3 Å². The van der Waals surface area contributed by atoms with Gasteiger partial charge in [0.05, 0.1) is 28.5 Å². The fraction of sp³-hybridized carbons (Fsp3) is 0.350. The smallest absolute Gasteiger partial charge is 0.420 e. The van der Waals surface area contributed by atoms with Gasteiger partial charge in [-0.25, -0.2) is 9.78 Å². The SMILES string of the molecule is O=C(O)c1ccc2c(n1)[C@]1(CC[C@@H](Oc3ccc(Cl)cc3C(F)(F)F)CC1)C(=O)N2. The topological polar surface area (TPSA) is 88.5 Å². The molecule has 158 valence electrons. The molecule has 0 bridgehead atoms. The summed E-state index contributed by atoms with van der Waals surface area (Å²) < 4.78 is 45.5. The number of aromatic carboxylic acids is 1. The second-order valence-corrected chi connectivity index (χ2v) is 7.83. The summed E-state index contributed by atoms with van der Waals surface area (Å²) in [5.41, 5.74) is -1.30. The van der Waals surface area contributed by atoms with Gasteiger partial charge in [0.25, 0.3) is 0 Å². The van der Waals surface area contributed by atoms with Gasteiger partial charge in [0.2, 0.25) is 5.91 Å². The maximum Gasteiger partial charge on any atom is 0.420 e. The van der Waals surface area contributed by atoms with Crippen LogP contribution in [-0.2, 0) is 16.4 Å². The van der Waals surface area contributed by atoms with Crippen molar-refractivity contribution in [1.82, 2.24) is 4.98 Å². The highest BCUT2D eigenvalue weighted by Gasteiger charge is 2.50. The average molecular weight is 441 g/mol. The molecule has 2 N–H and O–H groups in total. The van der Waals surface area contributed by atoms with E-state index in [1.54, 1.807) is 0 Å². The number of hydrogen-bond donors (Lipinski definition) is 2. The van der Waals surface area contributed by atoms with E-state index in [2.05, 4.69) is 10.3 Å². The zero-order valence-corrected chi connectivity index (χ0v) is 16.2. The molecule has 1 spiro atoms. The molecule has 4 rings (SSSR count). The van der Waals surface area contributed by atoms with Gasteiger partial charge in [-0.05, 0) is 56.0 Å². The Hall–Kier alpha value is -2.81. The number of carboxylic acid groups (broad SMARTS) is 1. The fourth-order valence-electron chi connectivity index (χ4n) is 4.07. The number of benzene rings is 1. The lowest BCUT2D eigenvalue weighted by atomic mass is 9.71. The summed E-state index contributed by atoms with van der Waals surface area (Å²) in [4.78, 5) is 28.1. The van der Waals surface area contributed by atoms with E-state index in [1.807, 2.05) is 0 Å². The Bertz CT molecular complexity index is 1030. The van der Waals surface area contributed by atoms with Gasteiger partial charge < -0.3 is 15.2 Å². The molecule has 1 aliphatic carbocycles. The normalized spacial score (nSPS) is 23.2. The van der Waals surface area contributed by atoms with E-state index in [9.17, 15) is 27.9 Å². The number of carbonyl (C=O) groups is 2. The number of carbonyl (C=O) groups excluding carboxylic acids is 1. The van der Waals surface area contributed by atoms with Crippen LogP contribution in [0.5, 0.6) is 5.75 Å². The minimum Gasteiger partial charge on any atom is -0.490 e. The van der Waals surface area contributed by atoms with Crippen molar-refractivity contribution in [2.45, 2.75) is 43.4 Å². The lowest BCUT2D eigenvalue weighted by Crippen LogP contribution is -2.41. The predicted octanol–water partition coefficient (Wildman–Crippen LogP) is 4.66. The second-order valence-electron chi connectivity index (χ2n) is 7.39. The van der Waals surface area contributed by atoms with Crippen molar-refractivity contribution >= 4 is 29.2 Å². The van der Waals surface area contributed by atoms with Crippen LogP contribution >= 0.6 is 11.6 Å². The largest absolute Gasteiger partial charge is 0.490 e. The van der Waals surface area contributed by atoms with Gasteiger partial charge in [0.15, 0.2) is 0 Å². The second kappa shape index (κ2) is 7.16. The molecule has 0 atom stereocenters. The van der Waals surface area contributed by atoms with Crippen molar-refractivity contribution < 1.29 is 32.6 Å².